The van der Waals surface area contributed by atoms with E-state index < -0.39 is 29.6 Å². The van der Waals surface area contributed by atoms with Crippen LogP contribution in [0, 0.1) is 11.8 Å². The maximum absolute atomic E-state index is 14.0. The highest BCUT2D eigenvalue weighted by atomic mass is 79.9. The second-order valence-electron chi connectivity index (χ2n) is 11.3. The van der Waals surface area contributed by atoms with Crippen LogP contribution in [0.25, 0.3) is 0 Å². The number of benzene rings is 1. The van der Waals surface area contributed by atoms with E-state index in [0.717, 1.165) is 37.9 Å². The van der Waals surface area contributed by atoms with Gasteiger partial charge in [0.2, 0.25) is 17.7 Å². The number of fused-ring (bicyclic) bond motifs is 1. The summed E-state index contributed by atoms with van der Waals surface area (Å²) in [7, 11) is 0. The molecule has 0 radical (unpaired) electrons. The van der Waals surface area contributed by atoms with Crippen LogP contribution in [0.15, 0.2) is 30.3 Å². The van der Waals surface area contributed by atoms with Crippen molar-refractivity contribution < 1.29 is 29.0 Å². The third-order valence-corrected chi connectivity index (χ3v) is 9.63. The summed E-state index contributed by atoms with van der Waals surface area (Å²) in [5.74, 6) is -1.97. The predicted molar refractivity (Wildman–Crippen MR) is 152 cm³/mol. The van der Waals surface area contributed by atoms with Crippen LogP contribution in [0.5, 0.6) is 0 Å². The van der Waals surface area contributed by atoms with Crippen molar-refractivity contribution in [2.75, 3.05) is 52.5 Å². The summed E-state index contributed by atoms with van der Waals surface area (Å²) in [6.45, 7) is 5.15. The lowest BCUT2D eigenvalue weighted by atomic mass is 9.70. The molecule has 10 nitrogen and oxygen atoms in total. The number of likely N-dealkylation sites (tertiary alicyclic amines) is 1. The Morgan fingerprint density at radius 3 is 2.52 bits per heavy atom. The average Bonchev–Trinajstić information content (AvgIpc) is 3.56. The first-order valence-electron chi connectivity index (χ1n) is 14.6. The Morgan fingerprint density at radius 2 is 1.77 bits per heavy atom. The molecule has 5 rings (SSSR count). The van der Waals surface area contributed by atoms with Crippen LogP contribution in [0.4, 0.5) is 0 Å². The molecule has 3 unspecified atom stereocenters. The standard InChI is InChI=1S/C29H41BrN4O6/c30-21-18-29-23(22(24(21)40-29)26(36)32-19-20-8-4-3-5-9-20)28(38)34(11-6-1-2-7-15-35)25(29)27(37)31-10-12-33-13-16-39-17-14-33/h3-5,8-9,21-25,35H,1-2,6-7,10-19H2,(H,31,37)(H,32,36)/t21?,22-,23+,24-,25?,29?/m1/s1. The molecule has 2 bridgehead atoms. The second kappa shape index (κ2) is 13.3. The molecule has 4 aliphatic rings. The normalized spacial score (nSPS) is 31.4. The van der Waals surface area contributed by atoms with E-state index in [-0.39, 0.29) is 29.2 Å². The first kappa shape index (κ1) is 29.4. The minimum atomic E-state index is -1.04. The zero-order chi connectivity index (χ0) is 28.1. The summed E-state index contributed by atoms with van der Waals surface area (Å²) in [4.78, 5) is 45.2. The van der Waals surface area contributed by atoms with Crippen LogP contribution >= 0.6 is 15.9 Å². The number of halogens is 1. The number of hydrogen-bond acceptors (Lipinski definition) is 7. The Balaban J connectivity index is 1.32. The molecule has 11 heteroatoms. The van der Waals surface area contributed by atoms with Gasteiger partial charge in [-0.3, -0.25) is 19.3 Å². The number of carbonyl (C=O) groups excluding carboxylic acids is 3. The van der Waals surface area contributed by atoms with Gasteiger partial charge < -0.3 is 30.1 Å². The SMILES string of the molecule is O=C(NCCN1CCOCC1)C1N(CCCCCCO)C(=O)[C@@H]2[C@@H](C(=O)NCc3ccccc3)[C@@H]3OC12CC3Br. The Labute approximate surface area is 244 Å². The van der Waals surface area contributed by atoms with E-state index in [9.17, 15) is 14.4 Å². The number of hydrogen-bond donors (Lipinski definition) is 3. The van der Waals surface area contributed by atoms with E-state index in [1.165, 1.54) is 0 Å². The fourth-order valence-corrected chi connectivity index (χ4v) is 7.82. The fraction of sp³-hybridized carbons (Fsp3) is 0.690. The van der Waals surface area contributed by atoms with Crippen molar-refractivity contribution >= 4 is 33.7 Å². The number of aliphatic hydroxyl groups excluding tert-OH is 1. The molecule has 0 aromatic heterocycles. The molecule has 1 aromatic carbocycles. The van der Waals surface area contributed by atoms with Gasteiger partial charge in [0.05, 0.1) is 31.2 Å². The van der Waals surface area contributed by atoms with Crippen molar-refractivity contribution in [2.45, 2.75) is 61.2 Å². The number of nitrogens with one attached hydrogen (secondary N) is 2. The number of alkyl halides is 1. The van der Waals surface area contributed by atoms with Crippen LogP contribution < -0.4 is 10.6 Å². The lowest BCUT2D eigenvalue weighted by molar-refractivity contribution is -0.142. The van der Waals surface area contributed by atoms with E-state index in [2.05, 4.69) is 31.5 Å². The van der Waals surface area contributed by atoms with Crippen LogP contribution in [0.3, 0.4) is 0 Å². The topological polar surface area (TPSA) is 120 Å². The monoisotopic (exact) mass is 620 g/mol. The van der Waals surface area contributed by atoms with Crippen molar-refractivity contribution in [3.63, 3.8) is 0 Å². The van der Waals surface area contributed by atoms with Gasteiger partial charge >= 0.3 is 0 Å². The third kappa shape index (κ3) is 5.94. The smallest absolute Gasteiger partial charge is 0.245 e. The average molecular weight is 622 g/mol. The Bertz CT molecular complexity index is 1040. The molecule has 1 aromatic rings. The molecule has 40 heavy (non-hydrogen) atoms. The summed E-state index contributed by atoms with van der Waals surface area (Å²) in [5, 5.41) is 15.2. The molecule has 4 saturated heterocycles. The van der Waals surface area contributed by atoms with Crippen molar-refractivity contribution in [2.24, 2.45) is 11.8 Å². The minimum Gasteiger partial charge on any atom is -0.396 e. The molecule has 0 aliphatic carbocycles. The Hall–Kier alpha value is -2.05. The molecule has 4 heterocycles. The molecule has 1 spiro atoms. The van der Waals surface area contributed by atoms with E-state index >= 15 is 0 Å². The summed E-state index contributed by atoms with van der Waals surface area (Å²) in [5.41, 5.74) is -0.0662. The number of unbranched alkanes of at least 4 members (excludes halogenated alkanes) is 3. The van der Waals surface area contributed by atoms with E-state index in [0.29, 0.717) is 52.2 Å². The number of morpholine rings is 1. The van der Waals surface area contributed by atoms with Gasteiger partial charge in [-0.25, -0.2) is 0 Å². The summed E-state index contributed by atoms with van der Waals surface area (Å²) in [6, 6.07) is 8.88. The number of ether oxygens (including phenoxy) is 2. The Morgan fingerprint density at radius 1 is 1.02 bits per heavy atom. The van der Waals surface area contributed by atoms with Gasteiger partial charge in [-0.1, -0.05) is 59.1 Å². The molecular weight excluding hydrogens is 580 g/mol. The highest BCUT2D eigenvalue weighted by Gasteiger charge is 2.76. The van der Waals surface area contributed by atoms with Gasteiger partial charge in [0.1, 0.15) is 11.6 Å². The van der Waals surface area contributed by atoms with Gasteiger partial charge in [0.15, 0.2) is 0 Å². The van der Waals surface area contributed by atoms with Crippen molar-refractivity contribution in [3.8, 4) is 0 Å². The largest absolute Gasteiger partial charge is 0.396 e. The number of rotatable bonds is 13. The van der Waals surface area contributed by atoms with E-state index in [1.807, 2.05) is 30.3 Å². The summed E-state index contributed by atoms with van der Waals surface area (Å²) in [6.07, 6.45) is 3.16. The number of nitrogens with zero attached hydrogens (tertiary/aromatic N) is 2. The minimum absolute atomic E-state index is 0.128. The molecule has 0 saturated carbocycles. The number of amides is 3. The highest BCUT2D eigenvalue weighted by Crippen LogP contribution is 2.60. The van der Waals surface area contributed by atoms with Crippen LogP contribution in [-0.2, 0) is 30.4 Å². The molecular formula is C29H41BrN4O6. The van der Waals surface area contributed by atoms with Crippen LogP contribution in [-0.4, -0.2) is 108 Å². The van der Waals surface area contributed by atoms with Gasteiger partial charge in [-0.05, 0) is 24.8 Å². The molecule has 3 amide bonds. The molecule has 6 atom stereocenters. The molecule has 3 N–H and O–H groups in total. The number of carbonyl (C=O) groups is 3. The maximum atomic E-state index is 14.0. The number of aliphatic hydroxyl groups is 1. The zero-order valence-electron chi connectivity index (χ0n) is 22.9. The van der Waals surface area contributed by atoms with Crippen molar-refractivity contribution in [1.82, 2.24) is 20.4 Å². The summed E-state index contributed by atoms with van der Waals surface area (Å²) >= 11 is 3.73. The van der Waals surface area contributed by atoms with Gasteiger partial charge in [-0.15, -0.1) is 0 Å². The lowest BCUT2D eigenvalue weighted by Crippen LogP contribution is -2.56. The molecule has 220 valence electrons. The quantitative estimate of drug-likeness (QED) is 0.223. The maximum Gasteiger partial charge on any atom is 0.245 e. The zero-order valence-corrected chi connectivity index (χ0v) is 24.5. The first-order chi connectivity index (χ1) is 19.5. The van der Waals surface area contributed by atoms with E-state index in [1.54, 1.807) is 4.90 Å². The highest BCUT2D eigenvalue weighted by molar-refractivity contribution is 9.09. The van der Waals surface area contributed by atoms with Crippen LogP contribution in [0.2, 0.25) is 0 Å². The lowest BCUT2D eigenvalue weighted by Gasteiger charge is -2.34. The van der Waals surface area contributed by atoms with Gasteiger partial charge in [0.25, 0.3) is 0 Å². The third-order valence-electron chi connectivity index (χ3n) is 8.79. The van der Waals surface area contributed by atoms with Crippen molar-refractivity contribution in [1.29, 1.82) is 0 Å². The van der Waals surface area contributed by atoms with Crippen molar-refractivity contribution in [3.05, 3.63) is 35.9 Å². The van der Waals surface area contributed by atoms with Crippen LogP contribution in [0.1, 0.15) is 37.7 Å². The predicted octanol–water partition coefficient (Wildman–Crippen LogP) is 1.05. The summed E-state index contributed by atoms with van der Waals surface area (Å²) < 4.78 is 12.0. The first-order valence-corrected chi connectivity index (χ1v) is 15.5. The van der Waals surface area contributed by atoms with Gasteiger partial charge in [-0.2, -0.15) is 0 Å². The molecule has 4 fully saturated rings. The Kier molecular flexibility index (Phi) is 9.78. The van der Waals surface area contributed by atoms with E-state index in [4.69, 9.17) is 14.6 Å². The molecule has 4 aliphatic heterocycles. The fourth-order valence-electron chi connectivity index (χ4n) is 6.88. The van der Waals surface area contributed by atoms with Gasteiger partial charge in [0, 0.05) is 50.7 Å². The second-order valence-corrected chi connectivity index (χ2v) is 12.5.